The molecular weight excluding hydrogens is 289 g/mol. The van der Waals surface area contributed by atoms with Gasteiger partial charge < -0.3 is 5.32 Å². The standard InChI is InChI=1S/C9H11F3N2O2S2/c10-9(11,12)3-4-14-7-2-1-6(5-8(7)17)18(13,15)16/h1-2,5,14,17H,3-4H2,(H2,13,15,16). The van der Waals surface area contributed by atoms with Crippen molar-refractivity contribution in [1.82, 2.24) is 0 Å². The third-order valence-corrected chi connectivity index (χ3v) is 3.30. The minimum absolute atomic E-state index is 0.145. The van der Waals surface area contributed by atoms with E-state index in [1.807, 2.05) is 0 Å². The molecule has 102 valence electrons. The van der Waals surface area contributed by atoms with Crippen LogP contribution < -0.4 is 10.5 Å². The number of alkyl halides is 3. The molecule has 4 nitrogen and oxygen atoms in total. The van der Waals surface area contributed by atoms with Crippen LogP contribution in [0.15, 0.2) is 28.0 Å². The lowest BCUT2D eigenvalue weighted by atomic mass is 10.3. The van der Waals surface area contributed by atoms with Crippen LogP contribution in [0.4, 0.5) is 18.9 Å². The smallest absolute Gasteiger partial charge is 0.384 e. The van der Waals surface area contributed by atoms with Crippen molar-refractivity contribution in [2.24, 2.45) is 5.14 Å². The largest absolute Gasteiger partial charge is 0.390 e. The maximum Gasteiger partial charge on any atom is 0.390 e. The summed E-state index contributed by atoms with van der Waals surface area (Å²) in [5.74, 6) is 0. The average Bonchev–Trinajstić information content (AvgIpc) is 2.17. The summed E-state index contributed by atoms with van der Waals surface area (Å²) in [6, 6.07) is 3.69. The summed E-state index contributed by atoms with van der Waals surface area (Å²) < 4.78 is 57.8. The number of hydrogen-bond acceptors (Lipinski definition) is 4. The van der Waals surface area contributed by atoms with E-state index in [1.54, 1.807) is 0 Å². The Morgan fingerprint density at radius 1 is 1.33 bits per heavy atom. The molecule has 0 aromatic heterocycles. The highest BCUT2D eigenvalue weighted by Crippen LogP contribution is 2.24. The molecule has 0 amide bonds. The molecule has 0 heterocycles. The molecule has 0 aliphatic rings. The fraction of sp³-hybridized carbons (Fsp3) is 0.333. The summed E-state index contributed by atoms with van der Waals surface area (Å²) in [5.41, 5.74) is 0.315. The molecule has 1 aromatic carbocycles. The van der Waals surface area contributed by atoms with E-state index in [9.17, 15) is 21.6 Å². The molecule has 1 aromatic rings. The van der Waals surface area contributed by atoms with Gasteiger partial charge in [-0.05, 0) is 18.2 Å². The fourth-order valence-corrected chi connectivity index (χ4v) is 2.10. The first kappa shape index (κ1) is 15.1. The third kappa shape index (κ3) is 4.75. The fourth-order valence-electron chi connectivity index (χ4n) is 1.18. The van der Waals surface area contributed by atoms with Gasteiger partial charge in [-0.25, -0.2) is 13.6 Å². The first-order chi connectivity index (χ1) is 8.09. The van der Waals surface area contributed by atoms with Crippen molar-refractivity contribution >= 4 is 28.3 Å². The maximum absolute atomic E-state index is 11.9. The Kier molecular flexibility index (Phi) is 4.51. The predicted molar refractivity (Wildman–Crippen MR) is 64.2 cm³/mol. The van der Waals surface area contributed by atoms with E-state index in [2.05, 4.69) is 17.9 Å². The number of thiol groups is 1. The molecule has 18 heavy (non-hydrogen) atoms. The predicted octanol–water partition coefficient (Wildman–Crippen LogP) is 1.99. The molecule has 0 aliphatic heterocycles. The number of benzene rings is 1. The van der Waals surface area contributed by atoms with Gasteiger partial charge in [0.05, 0.1) is 11.3 Å². The number of anilines is 1. The number of primary sulfonamides is 1. The number of rotatable bonds is 4. The molecule has 3 N–H and O–H groups in total. The van der Waals surface area contributed by atoms with Gasteiger partial charge in [0.1, 0.15) is 0 Å². The SMILES string of the molecule is NS(=O)(=O)c1ccc(NCCC(F)(F)F)c(S)c1. The quantitative estimate of drug-likeness (QED) is 0.745. The summed E-state index contributed by atoms with van der Waals surface area (Å²) in [4.78, 5) is 0.0672. The molecule has 0 atom stereocenters. The Bertz CT molecular complexity index is 529. The molecule has 0 radical (unpaired) electrons. The van der Waals surface area contributed by atoms with E-state index >= 15 is 0 Å². The molecule has 0 bridgehead atoms. The lowest BCUT2D eigenvalue weighted by molar-refractivity contribution is -0.131. The van der Waals surface area contributed by atoms with Crippen LogP contribution in [0.25, 0.3) is 0 Å². The van der Waals surface area contributed by atoms with E-state index in [-0.39, 0.29) is 16.3 Å². The van der Waals surface area contributed by atoms with E-state index in [1.165, 1.54) is 18.2 Å². The summed E-state index contributed by atoms with van der Waals surface area (Å²) in [6.07, 6.45) is -5.23. The number of sulfonamides is 1. The van der Waals surface area contributed by atoms with Gasteiger partial charge in [0.15, 0.2) is 0 Å². The highest BCUT2D eigenvalue weighted by Gasteiger charge is 2.26. The topological polar surface area (TPSA) is 72.2 Å². The van der Waals surface area contributed by atoms with Crippen molar-refractivity contribution in [2.75, 3.05) is 11.9 Å². The average molecular weight is 300 g/mol. The van der Waals surface area contributed by atoms with Crippen molar-refractivity contribution in [3.05, 3.63) is 18.2 Å². The van der Waals surface area contributed by atoms with E-state index in [0.717, 1.165) is 0 Å². The van der Waals surface area contributed by atoms with Crippen molar-refractivity contribution in [3.8, 4) is 0 Å². The molecule has 0 spiro atoms. The molecule has 9 heteroatoms. The molecule has 0 aliphatic carbocycles. The van der Waals surface area contributed by atoms with E-state index in [0.29, 0.717) is 5.69 Å². The van der Waals surface area contributed by atoms with Gasteiger partial charge in [-0.2, -0.15) is 13.2 Å². The molecule has 0 saturated heterocycles. The molecule has 0 unspecified atom stereocenters. The highest BCUT2D eigenvalue weighted by molar-refractivity contribution is 7.89. The van der Waals surface area contributed by atoms with Crippen molar-refractivity contribution in [3.63, 3.8) is 0 Å². The van der Waals surface area contributed by atoms with Gasteiger partial charge in [0.2, 0.25) is 10.0 Å². The van der Waals surface area contributed by atoms with Gasteiger partial charge in [-0.15, -0.1) is 12.6 Å². The first-order valence-corrected chi connectivity index (χ1v) is 6.75. The van der Waals surface area contributed by atoms with Crippen LogP contribution in [0.5, 0.6) is 0 Å². The van der Waals surface area contributed by atoms with Crippen molar-refractivity contribution < 1.29 is 21.6 Å². The monoisotopic (exact) mass is 300 g/mol. The van der Waals surface area contributed by atoms with Gasteiger partial charge in [0.25, 0.3) is 0 Å². The minimum atomic E-state index is -4.25. The Labute approximate surface area is 108 Å². The van der Waals surface area contributed by atoms with Crippen molar-refractivity contribution in [1.29, 1.82) is 0 Å². The Balaban J connectivity index is 2.75. The lowest BCUT2D eigenvalue weighted by Gasteiger charge is -2.11. The second-order valence-corrected chi connectivity index (χ2v) is 5.56. The summed E-state index contributed by atoms with van der Waals surface area (Å²) in [7, 11) is -3.84. The summed E-state index contributed by atoms with van der Waals surface area (Å²) >= 11 is 3.98. The maximum atomic E-state index is 11.9. The van der Waals surface area contributed by atoms with Crippen LogP contribution >= 0.6 is 12.6 Å². The van der Waals surface area contributed by atoms with Crippen molar-refractivity contribution in [2.45, 2.75) is 22.4 Å². The van der Waals surface area contributed by atoms with Gasteiger partial charge >= 0.3 is 6.18 Å². The first-order valence-electron chi connectivity index (χ1n) is 4.76. The normalized spacial score (nSPS) is 12.5. The van der Waals surface area contributed by atoms with Gasteiger partial charge in [-0.1, -0.05) is 0 Å². The second kappa shape index (κ2) is 5.37. The Morgan fingerprint density at radius 3 is 2.39 bits per heavy atom. The number of halogens is 3. The van der Waals surface area contributed by atoms with Crippen LogP contribution in [-0.2, 0) is 10.0 Å². The minimum Gasteiger partial charge on any atom is -0.384 e. The number of nitrogens with two attached hydrogens (primary N) is 1. The molecule has 0 fully saturated rings. The van der Waals surface area contributed by atoms with Crippen LogP contribution in [0.2, 0.25) is 0 Å². The number of hydrogen-bond donors (Lipinski definition) is 3. The summed E-state index contributed by atoms with van der Waals surface area (Å²) in [5, 5.41) is 7.42. The molecule has 0 saturated carbocycles. The van der Waals surface area contributed by atoms with Crippen LogP contribution in [0, 0.1) is 0 Å². The summed E-state index contributed by atoms with van der Waals surface area (Å²) in [6.45, 7) is -0.314. The Hall–Kier alpha value is -0.930. The zero-order valence-corrected chi connectivity index (χ0v) is 10.7. The second-order valence-electron chi connectivity index (χ2n) is 3.52. The highest BCUT2D eigenvalue weighted by atomic mass is 32.2. The Morgan fingerprint density at radius 2 is 1.94 bits per heavy atom. The lowest BCUT2D eigenvalue weighted by Crippen LogP contribution is -2.15. The number of nitrogens with one attached hydrogen (secondary N) is 1. The van der Waals surface area contributed by atoms with Crippen LogP contribution in [0.3, 0.4) is 0 Å². The third-order valence-electron chi connectivity index (χ3n) is 2.02. The van der Waals surface area contributed by atoms with Crippen LogP contribution in [0.1, 0.15) is 6.42 Å². The molecule has 1 rings (SSSR count). The zero-order chi connectivity index (χ0) is 14.0. The zero-order valence-electron chi connectivity index (χ0n) is 9.03. The van der Waals surface area contributed by atoms with Crippen LogP contribution in [-0.4, -0.2) is 21.1 Å². The molecular formula is C9H11F3N2O2S2. The van der Waals surface area contributed by atoms with E-state index in [4.69, 9.17) is 5.14 Å². The van der Waals surface area contributed by atoms with Gasteiger partial charge in [-0.3, -0.25) is 0 Å². The van der Waals surface area contributed by atoms with E-state index < -0.39 is 22.6 Å². The van der Waals surface area contributed by atoms with Gasteiger partial charge in [0, 0.05) is 17.1 Å².